The Balaban J connectivity index is 1.75. The molecule has 7 nitrogen and oxygen atoms in total. The van der Waals surface area contributed by atoms with Crippen molar-refractivity contribution in [2.45, 2.75) is 6.92 Å². The summed E-state index contributed by atoms with van der Waals surface area (Å²) in [6.07, 6.45) is 0. The van der Waals surface area contributed by atoms with E-state index in [1.54, 1.807) is 24.3 Å². The number of aromatic amines is 1. The first-order chi connectivity index (χ1) is 14.0. The zero-order valence-electron chi connectivity index (χ0n) is 15.3. The normalized spacial score (nSPS) is 10.7. The number of hydrogen-bond acceptors (Lipinski definition) is 5. The van der Waals surface area contributed by atoms with Crippen molar-refractivity contribution in [2.75, 3.05) is 5.32 Å². The van der Waals surface area contributed by atoms with Crippen molar-refractivity contribution in [1.29, 1.82) is 0 Å². The Morgan fingerprint density at radius 3 is 2.34 bits per heavy atom. The Labute approximate surface area is 165 Å². The van der Waals surface area contributed by atoms with Crippen molar-refractivity contribution >= 4 is 11.6 Å². The molecule has 1 aromatic heterocycles. The smallest absolute Gasteiger partial charge is 0.221 e. The molecular formula is C21H16FN5O2. The minimum absolute atomic E-state index is 0.0180. The topological polar surface area (TPSA) is 104 Å². The summed E-state index contributed by atoms with van der Waals surface area (Å²) < 4.78 is 14.3. The number of aromatic nitrogens is 4. The van der Waals surface area contributed by atoms with Crippen molar-refractivity contribution in [3.05, 3.63) is 66.5 Å². The van der Waals surface area contributed by atoms with E-state index >= 15 is 0 Å². The molecule has 0 saturated carbocycles. The number of phenolic OH excluding ortho intramolecular Hbond substituents is 1. The molecule has 8 heteroatoms. The van der Waals surface area contributed by atoms with Gasteiger partial charge in [0.25, 0.3) is 0 Å². The minimum atomic E-state index is -0.582. The molecule has 0 unspecified atom stereocenters. The molecule has 0 bridgehead atoms. The number of benzene rings is 3. The highest BCUT2D eigenvalue weighted by molar-refractivity contribution is 5.89. The summed E-state index contributed by atoms with van der Waals surface area (Å²) in [5.41, 5.74) is 3.13. The fourth-order valence-corrected chi connectivity index (χ4v) is 3.09. The molecule has 0 radical (unpaired) electrons. The molecule has 1 heterocycles. The molecule has 3 N–H and O–H groups in total. The SMILES string of the molecule is CC(=O)Nc1ccc(-c2cccc(-c3cccc(-c4nn[nH]n4)c3)c2O)cc1F. The molecule has 0 atom stereocenters. The molecular weight excluding hydrogens is 373 g/mol. The summed E-state index contributed by atoms with van der Waals surface area (Å²) in [7, 11) is 0. The zero-order chi connectivity index (χ0) is 20.4. The van der Waals surface area contributed by atoms with Gasteiger partial charge in [0.1, 0.15) is 11.6 Å². The number of para-hydroxylation sites is 1. The van der Waals surface area contributed by atoms with Gasteiger partial charge < -0.3 is 10.4 Å². The summed E-state index contributed by atoms with van der Waals surface area (Å²) >= 11 is 0. The maximum atomic E-state index is 14.3. The second-order valence-electron chi connectivity index (χ2n) is 6.39. The molecule has 0 saturated heterocycles. The third kappa shape index (κ3) is 3.68. The number of tetrazole rings is 1. The first-order valence-corrected chi connectivity index (χ1v) is 8.76. The largest absolute Gasteiger partial charge is 0.507 e. The van der Waals surface area contributed by atoms with Gasteiger partial charge in [-0.3, -0.25) is 4.79 Å². The van der Waals surface area contributed by atoms with Gasteiger partial charge in [0.2, 0.25) is 11.7 Å². The van der Waals surface area contributed by atoms with Crippen LogP contribution in [0.25, 0.3) is 33.6 Å². The van der Waals surface area contributed by atoms with Crippen LogP contribution in [0.1, 0.15) is 6.92 Å². The quantitative estimate of drug-likeness (QED) is 0.489. The summed E-state index contributed by atoms with van der Waals surface area (Å²) in [5, 5.41) is 27.2. The van der Waals surface area contributed by atoms with Crippen LogP contribution in [0.4, 0.5) is 10.1 Å². The van der Waals surface area contributed by atoms with Crippen LogP contribution in [-0.2, 0) is 4.79 Å². The van der Waals surface area contributed by atoms with E-state index in [4.69, 9.17) is 0 Å². The summed E-state index contributed by atoms with van der Waals surface area (Å²) in [4.78, 5) is 11.2. The number of nitrogens with zero attached hydrogens (tertiary/aromatic N) is 3. The van der Waals surface area contributed by atoms with E-state index in [9.17, 15) is 14.3 Å². The molecule has 0 fully saturated rings. The van der Waals surface area contributed by atoms with Gasteiger partial charge in [-0.2, -0.15) is 5.21 Å². The minimum Gasteiger partial charge on any atom is -0.507 e. The molecule has 144 valence electrons. The van der Waals surface area contributed by atoms with E-state index in [1.165, 1.54) is 19.1 Å². The predicted molar refractivity (Wildman–Crippen MR) is 106 cm³/mol. The predicted octanol–water partition coefficient (Wildman–Crippen LogP) is 4.00. The van der Waals surface area contributed by atoms with E-state index in [0.29, 0.717) is 22.5 Å². The Hall–Kier alpha value is -4.07. The van der Waals surface area contributed by atoms with Crippen molar-refractivity contribution in [3.63, 3.8) is 0 Å². The van der Waals surface area contributed by atoms with Crippen LogP contribution in [0.3, 0.4) is 0 Å². The highest BCUT2D eigenvalue weighted by Crippen LogP contribution is 2.39. The van der Waals surface area contributed by atoms with Gasteiger partial charge >= 0.3 is 0 Å². The number of H-pyrrole nitrogens is 1. The lowest BCUT2D eigenvalue weighted by molar-refractivity contribution is -0.114. The standard InChI is InChI=1S/C21H16FN5O2/c1-12(28)23-19-9-8-14(11-18(19)22)17-7-3-6-16(20(17)29)13-4-2-5-15(10-13)21-24-26-27-25-21/h2-11,29H,1H3,(H,23,28)(H,24,25,26,27). The van der Waals surface area contributed by atoms with E-state index in [2.05, 4.69) is 25.9 Å². The molecule has 0 spiro atoms. The average molecular weight is 389 g/mol. The fourth-order valence-electron chi connectivity index (χ4n) is 3.09. The van der Waals surface area contributed by atoms with Crippen LogP contribution >= 0.6 is 0 Å². The number of hydrogen-bond donors (Lipinski definition) is 3. The van der Waals surface area contributed by atoms with Crippen LogP contribution < -0.4 is 5.32 Å². The molecule has 0 aliphatic heterocycles. The highest BCUT2D eigenvalue weighted by atomic mass is 19.1. The monoisotopic (exact) mass is 389 g/mol. The summed E-state index contributed by atoms with van der Waals surface area (Å²) in [6.45, 7) is 1.31. The number of anilines is 1. The number of amides is 1. The van der Waals surface area contributed by atoms with Crippen molar-refractivity contribution < 1.29 is 14.3 Å². The van der Waals surface area contributed by atoms with E-state index in [-0.39, 0.29) is 17.3 Å². The Morgan fingerprint density at radius 2 is 1.69 bits per heavy atom. The van der Waals surface area contributed by atoms with E-state index in [1.807, 2.05) is 24.3 Å². The fraction of sp³-hybridized carbons (Fsp3) is 0.0476. The Bertz CT molecular complexity index is 1190. The van der Waals surface area contributed by atoms with Gasteiger partial charge in [0.15, 0.2) is 0 Å². The van der Waals surface area contributed by atoms with Gasteiger partial charge in [-0.1, -0.05) is 42.5 Å². The molecule has 1 amide bonds. The summed E-state index contributed by atoms with van der Waals surface area (Å²) in [6, 6.07) is 17.0. The molecule has 3 aromatic carbocycles. The van der Waals surface area contributed by atoms with Crippen LogP contribution in [0.2, 0.25) is 0 Å². The number of halogens is 1. The first kappa shape index (κ1) is 18.3. The molecule has 0 aliphatic carbocycles. The highest BCUT2D eigenvalue weighted by Gasteiger charge is 2.14. The van der Waals surface area contributed by atoms with E-state index < -0.39 is 5.82 Å². The van der Waals surface area contributed by atoms with Crippen molar-refractivity contribution in [1.82, 2.24) is 20.6 Å². The molecule has 4 aromatic rings. The van der Waals surface area contributed by atoms with Crippen LogP contribution in [0, 0.1) is 5.82 Å². The van der Waals surface area contributed by atoms with Gasteiger partial charge in [-0.15, -0.1) is 10.2 Å². The number of nitrogens with one attached hydrogen (secondary N) is 2. The third-order valence-corrected chi connectivity index (χ3v) is 4.40. The second kappa shape index (κ2) is 7.51. The van der Waals surface area contributed by atoms with Gasteiger partial charge in [0.05, 0.1) is 5.69 Å². The van der Waals surface area contributed by atoms with Crippen LogP contribution in [0.5, 0.6) is 5.75 Å². The number of phenols is 1. The number of rotatable bonds is 4. The average Bonchev–Trinajstić information content (AvgIpc) is 3.24. The van der Waals surface area contributed by atoms with Crippen molar-refractivity contribution in [3.8, 4) is 39.4 Å². The lowest BCUT2D eigenvalue weighted by atomic mass is 9.96. The van der Waals surface area contributed by atoms with Crippen molar-refractivity contribution in [2.24, 2.45) is 0 Å². The van der Waals surface area contributed by atoms with Gasteiger partial charge in [0, 0.05) is 23.6 Å². The first-order valence-electron chi connectivity index (χ1n) is 8.76. The lowest BCUT2D eigenvalue weighted by Gasteiger charge is -2.12. The van der Waals surface area contributed by atoms with E-state index in [0.717, 1.165) is 11.1 Å². The summed E-state index contributed by atoms with van der Waals surface area (Å²) in [5.74, 6) is -0.479. The molecule has 0 aliphatic rings. The van der Waals surface area contributed by atoms with Gasteiger partial charge in [-0.25, -0.2) is 4.39 Å². The Kier molecular flexibility index (Phi) is 4.74. The molecule has 4 rings (SSSR count). The van der Waals surface area contributed by atoms with Crippen LogP contribution in [0.15, 0.2) is 60.7 Å². The second-order valence-corrected chi connectivity index (χ2v) is 6.39. The number of carbonyl (C=O) groups excluding carboxylic acids is 1. The lowest BCUT2D eigenvalue weighted by Crippen LogP contribution is -2.07. The third-order valence-electron chi connectivity index (χ3n) is 4.40. The maximum absolute atomic E-state index is 14.3. The molecule has 29 heavy (non-hydrogen) atoms. The Morgan fingerprint density at radius 1 is 1.00 bits per heavy atom. The zero-order valence-corrected chi connectivity index (χ0v) is 15.3. The number of carbonyl (C=O) groups is 1. The maximum Gasteiger partial charge on any atom is 0.221 e. The van der Waals surface area contributed by atoms with Crippen LogP contribution in [-0.4, -0.2) is 31.6 Å². The number of aromatic hydroxyl groups is 1. The van der Waals surface area contributed by atoms with Gasteiger partial charge in [-0.05, 0) is 34.5 Å².